The van der Waals surface area contributed by atoms with Gasteiger partial charge in [0.25, 0.3) is 11.8 Å². The van der Waals surface area contributed by atoms with Crippen molar-refractivity contribution in [2.45, 2.75) is 32.4 Å². The Kier molecular flexibility index (Phi) is 6.23. The number of rotatable bonds is 6. The summed E-state index contributed by atoms with van der Waals surface area (Å²) in [6, 6.07) is 21.8. The van der Waals surface area contributed by atoms with E-state index in [1.807, 2.05) is 72.5 Å². The number of amides is 3. The Morgan fingerprint density at radius 1 is 1.00 bits per heavy atom. The van der Waals surface area contributed by atoms with Crippen LogP contribution >= 0.6 is 0 Å². The minimum Gasteiger partial charge on any atom is -0.482 e. The van der Waals surface area contributed by atoms with Gasteiger partial charge in [0.05, 0.1) is 5.69 Å². The summed E-state index contributed by atoms with van der Waals surface area (Å²) in [5.41, 5.74) is 4.24. The number of para-hydroxylation sites is 2. The molecule has 1 atom stereocenters. The van der Waals surface area contributed by atoms with E-state index in [0.29, 0.717) is 36.5 Å². The minimum absolute atomic E-state index is 0.00773. The van der Waals surface area contributed by atoms with Crippen LogP contribution in [0, 0.1) is 0 Å². The molecule has 7 heteroatoms. The van der Waals surface area contributed by atoms with Gasteiger partial charge in [0.2, 0.25) is 5.91 Å². The van der Waals surface area contributed by atoms with Gasteiger partial charge < -0.3 is 15.0 Å². The molecule has 3 amide bonds. The number of nitrogens with one attached hydrogen (secondary N) is 1. The van der Waals surface area contributed by atoms with E-state index in [1.165, 1.54) is 0 Å². The molecule has 0 spiro atoms. The molecule has 2 aliphatic rings. The Labute approximate surface area is 204 Å². The zero-order chi connectivity index (χ0) is 24.4. The molecule has 7 nitrogen and oxygen atoms in total. The fraction of sp³-hybridized carbons (Fsp3) is 0.250. The predicted octanol–water partition coefficient (Wildman–Crippen LogP) is 3.71. The molecule has 3 aromatic carbocycles. The van der Waals surface area contributed by atoms with Crippen LogP contribution in [-0.4, -0.2) is 36.9 Å². The Hall–Kier alpha value is -4.13. The fourth-order valence-electron chi connectivity index (χ4n) is 4.77. The summed E-state index contributed by atoms with van der Waals surface area (Å²) in [5, 5.41) is 3.00. The predicted molar refractivity (Wildman–Crippen MR) is 134 cm³/mol. The molecule has 0 aromatic heterocycles. The number of nitrogens with zero attached hydrogens (tertiary/aromatic N) is 2. The van der Waals surface area contributed by atoms with E-state index in [0.717, 1.165) is 23.2 Å². The maximum atomic E-state index is 13.1. The van der Waals surface area contributed by atoms with E-state index < -0.39 is 6.04 Å². The number of carbonyl (C=O) groups is 3. The SMILES string of the molecule is CCC(C(=O)NCc1ccc2c(c1)CCN2C(=O)c1ccccc1)N1C(=O)COc2ccccc21. The number of fused-ring (bicyclic) bond motifs is 2. The van der Waals surface area contributed by atoms with Gasteiger partial charge in [-0.1, -0.05) is 49.4 Å². The smallest absolute Gasteiger partial charge is 0.265 e. The minimum atomic E-state index is -0.624. The maximum absolute atomic E-state index is 13.1. The van der Waals surface area contributed by atoms with Crippen molar-refractivity contribution < 1.29 is 19.1 Å². The van der Waals surface area contributed by atoms with Crippen LogP contribution in [0.25, 0.3) is 0 Å². The third-order valence-electron chi connectivity index (χ3n) is 6.52. The van der Waals surface area contributed by atoms with E-state index in [4.69, 9.17) is 4.74 Å². The standard InChI is InChI=1S/C28H27N3O4/c1-2-22(31-24-10-6-7-11-25(24)35-18-26(31)32)27(33)29-17-19-12-13-23-21(16-19)14-15-30(23)28(34)20-8-4-3-5-9-20/h3-13,16,22H,2,14-15,17-18H2,1H3,(H,29,33). The normalized spacial score (nSPS) is 15.2. The summed E-state index contributed by atoms with van der Waals surface area (Å²) in [6.07, 6.45) is 1.25. The lowest BCUT2D eigenvalue weighted by atomic mass is 10.1. The number of benzene rings is 3. The second-order valence-electron chi connectivity index (χ2n) is 8.70. The van der Waals surface area contributed by atoms with Gasteiger partial charge in [0, 0.05) is 24.3 Å². The van der Waals surface area contributed by atoms with Crippen molar-refractivity contribution in [3.05, 3.63) is 89.5 Å². The number of ether oxygens (including phenoxy) is 1. The topological polar surface area (TPSA) is 79.0 Å². The summed E-state index contributed by atoms with van der Waals surface area (Å²) in [7, 11) is 0. The first-order valence-electron chi connectivity index (χ1n) is 11.9. The Bertz CT molecular complexity index is 1270. The molecule has 0 bridgehead atoms. The number of hydrogen-bond donors (Lipinski definition) is 1. The summed E-state index contributed by atoms with van der Waals surface area (Å²) in [5.74, 6) is 0.156. The highest BCUT2D eigenvalue weighted by Crippen LogP contribution is 2.34. The molecule has 178 valence electrons. The van der Waals surface area contributed by atoms with Crippen LogP contribution in [0.2, 0.25) is 0 Å². The van der Waals surface area contributed by atoms with Crippen molar-refractivity contribution in [3.63, 3.8) is 0 Å². The molecule has 0 aliphatic carbocycles. The quantitative estimate of drug-likeness (QED) is 0.597. The van der Waals surface area contributed by atoms with E-state index in [2.05, 4.69) is 5.32 Å². The summed E-state index contributed by atoms with van der Waals surface area (Å²) in [6.45, 7) is 2.79. The molecule has 35 heavy (non-hydrogen) atoms. The monoisotopic (exact) mass is 469 g/mol. The van der Waals surface area contributed by atoms with Crippen LogP contribution < -0.4 is 19.9 Å². The average molecular weight is 470 g/mol. The van der Waals surface area contributed by atoms with Crippen molar-refractivity contribution in [1.82, 2.24) is 5.32 Å². The third kappa shape index (κ3) is 4.37. The lowest BCUT2D eigenvalue weighted by molar-refractivity contribution is -0.128. The van der Waals surface area contributed by atoms with Crippen LogP contribution in [0.1, 0.15) is 34.8 Å². The van der Waals surface area contributed by atoms with Gasteiger partial charge in [-0.15, -0.1) is 0 Å². The lowest BCUT2D eigenvalue weighted by Gasteiger charge is -2.34. The molecular formula is C28H27N3O4. The molecule has 1 unspecified atom stereocenters. The molecular weight excluding hydrogens is 442 g/mol. The van der Waals surface area contributed by atoms with Crippen LogP contribution in [0.5, 0.6) is 5.75 Å². The maximum Gasteiger partial charge on any atom is 0.265 e. The highest BCUT2D eigenvalue weighted by atomic mass is 16.5. The molecule has 2 aliphatic heterocycles. The Balaban J connectivity index is 1.28. The molecule has 0 fully saturated rings. The average Bonchev–Trinajstić information content (AvgIpc) is 3.32. The lowest BCUT2D eigenvalue weighted by Crippen LogP contribution is -2.52. The number of anilines is 2. The van der Waals surface area contributed by atoms with Gasteiger partial charge in [-0.3, -0.25) is 19.3 Å². The van der Waals surface area contributed by atoms with Crippen LogP contribution in [0.15, 0.2) is 72.8 Å². The molecule has 1 N–H and O–H groups in total. The van der Waals surface area contributed by atoms with Gasteiger partial charge in [-0.05, 0) is 54.3 Å². The fourth-order valence-corrected chi connectivity index (χ4v) is 4.77. The van der Waals surface area contributed by atoms with Gasteiger partial charge in [-0.2, -0.15) is 0 Å². The van der Waals surface area contributed by atoms with Crippen molar-refractivity contribution in [2.24, 2.45) is 0 Å². The third-order valence-corrected chi connectivity index (χ3v) is 6.52. The van der Waals surface area contributed by atoms with Crippen LogP contribution in [0.3, 0.4) is 0 Å². The van der Waals surface area contributed by atoms with Crippen molar-refractivity contribution in [3.8, 4) is 5.75 Å². The van der Waals surface area contributed by atoms with Crippen molar-refractivity contribution in [1.29, 1.82) is 0 Å². The molecule has 5 rings (SSSR count). The van der Waals surface area contributed by atoms with E-state index >= 15 is 0 Å². The molecule has 2 heterocycles. The summed E-state index contributed by atoms with van der Waals surface area (Å²) >= 11 is 0. The first-order valence-corrected chi connectivity index (χ1v) is 11.9. The number of carbonyl (C=O) groups excluding carboxylic acids is 3. The molecule has 0 saturated heterocycles. The summed E-state index contributed by atoms with van der Waals surface area (Å²) < 4.78 is 5.52. The second-order valence-corrected chi connectivity index (χ2v) is 8.70. The second kappa shape index (κ2) is 9.62. The van der Waals surface area contributed by atoms with Crippen molar-refractivity contribution >= 4 is 29.1 Å². The van der Waals surface area contributed by atoms with E-state index in [-0.39, 0.29) is 24.3 Å². The van der Waals surface area contributed by atoms with Gasteiger partial charge in [-0.25, -0.2) is 0 Å². The van der Waals surface area contributed by atoms with E-state index in [9.17, 15) is 14.4 Å². The first kappa shape index (κ1) is 22.7. The van der Waals surface area contributed by atoms with Gasteiger partial charge >= 0.3 is 0 Å². The largest absolute Gasteiger partial charge is 0.482 e. The van der Waals surface area contributed by atoms with Crippen molar-refractivity contribution in [2.75, 3.05) is 23.0 Å². The molecule has 0 radical (unpaired) electrons. The zero-order valence-electron chi connectivity index (χ0n) is 19.6. The van der Waals surface area contributed by atoms with Crippen LogP contribution in [0.4, 0.5) is 11.4 Å². The van der Waals surface area contributed by atoms with Gasteiger partial charge in [0.1, 0.15) is 11.8 Å². The first-order chi connectivity index (χ1) is 17.1. The van der Waals surface area contributed by atoms with Gasteiger partial charge in [0.15, 0.2) is 6.61 Å². The Morgan fingerprint density at radius 2 is 1.77 bits per heavy atom. The summed E-state index contributed by atoms with van der Waals surface area (Å²) in [4.78, 5) is 42.0. The molecule has 0 saturated carbocycles. The highest BCUT2D eigenvalue weighted by molar-refractivity contribution is 6.07. The zero-order valence-corrected chi connectivity index (χ0v) is 19.6. The van der Waals surface area contributed by atoms with E-state index in [1.54, 1.807) is 17.0 Å². The Morgan fingerprint density at radius 3 is 2.57 bits per heavy atom. The highest BCUT2D eigenvalue weighted by Gasteiger charge is 2.34. The van der Waals surface area contributed by atoms with Crippen LogP contribution in [-0.2, 0) is 22.6 Å². The number of hydrogen-bond acceptors (Lipinski definition) is 4. The molecule has 3 aromatic rings.